The van der Waals surface area contributed by atoms with E-state index in [0.717, 1.165) is 23.4 Å². The van der Waals surface area contributed by atoms with Crippen LogP contribution in [-0.4, -0.2) is 13.2 Å². The van der Waals surface area contributed by atoms with Crippen LogP contribution in [0.1, 0.15) is 17.0 Å². The van der Waals surface area contributed by atoms with Crippen molar-refractivity contribution < 1.29 is 4.74 Å². The molecule has 1 aliphatic rings. The van der Waals surface area contributed by atoms with Crippen LogP contribution in [-0.2, 0) is 0 Å². The van der Waals surface area contributed by atoms with E-state index in [4.69, 9.17) is 4.74 Å². The molecule has 0 saturated heterocycles. The summed E-state index contributed by atoms with van der Waals surface area (Å²) in [5.41, 5.74) is 3.75. The van der Waals surface area contributed by atoms with Crippen molar-refractivity contribution in [3.8, 4) is 5.75 Å². The quantitative estimate of drug-likeness (QED) is 0.909. The van der Waals surface area contributed by atoms with Crippen molar-refractivity contribution >= 4 is 21.6 Å². The van der Waals surface area contributed by atoms with Crippen molar-refractivity contribution in [2.24, 2.45) is 0 Å². The van der Waals surface area contributed by atoms with E-state index in [1.807, 2.05) is 12.1 Å². The molecule has 2 aromatic rings. The van der Waals surface area contributed by atoms with Gasteiger partial charge >= 0.3 is 0 Å². The number of fused-ring (bicyclic) bond motifs is 1. The average Bonchev–Trinajstić information content (AvgIpc) is 2.81. The molecular formula is C16H16BrNO. The summed E-state index contributed by atoms with van der Waals surface area (Å²) in [7, 11) is 0. The van der Waals surface area contributed by atoms with Crippen molar-refractivity contribution in [1.82, 2.24) is 0 Å². The topological polar surface area (TPSA) is 21.3 Å². The molecule has 3 heteroatoms. The number of rotatable bonds is 3. The fourth-order valence-electron chi connectivity index (χ4n) is 2.46. The summed E-state index contributed by atoms with van der Waals surface area (Å²) in [4.78, 5) is 0. The van der Waals surface area contributed by atoms with Crippen LogP contribution >= 0.6 is 15.9 Å². The van der Waals surface area contributed by atoms with Gasteiger partial charge in [0.05, 0.1) is 6.61 Å². The number of aryl methyl sites for hydroxylation is 1. The normalized spacial score (nSPS) is 16.8. The van der Waals surface area contributed by atoms with Gasteiger partial charge in [-0.05, 0) is 36.8 Å². The van der Waals surface area contributed by atoms with Crippen molar-refractivity contribution in [1.29, 1.82) is 0 Å². The Morgan fingerprint density at radius 3 is 2.95 bits per heavy atom. The molecule has 98 valence electrons. The average molecular weight is 318 g/mol. The fourth-order valence-corrected chi connectivity index (χ4v) is 2.93. The maximum Gasteiger partial charge on any atom is 0.122 e. The highest BCUT2D eigenvalue weighted by atomic mass is 79.9. The number of para-hydroxylation sites is 1. The lowest BCUT2D eigenvalue weighted by molar-refractivity contribution is 0.334. The van der Waals surface area contributed by atoms with E-state index < -0.39 is 0 Å². The van der Waals surface area contributed by atoms with E-state index in [-0.39, 0.29) is 0 Å². The molecule has 1 heterocycles. The van der Waals surface area contributed by atoms with Gasteiger partial charge in [-0.2, -0.15) is 0 Å². The van der Waals surface area contributed by atoms with Crippen LogP contribution in [0.3, 0.4) is 0 Å². The molecule has 0 saturated carbocycles. The molecule has 0 aliphatic carbocycles. The SMILES string of the molecule is Cc1cc(Br)ccc1NCC1COc2ccccc21. The van der Waals surface area contributed by atoms with Gasteiger partial charge in [-0.25, -0.2) is 0 Å². The lowest BCUT2D eigenvalue weighted by atomic mass is 10.0. The van der Waals surface area contributed by atoms with Gasteiger partial charge in [0.15, 0.2) is 0 Å². The minimum Gasteiger partial charge on any atom is -0.493 e. The van der Waals surface area contributed by atoms with E-state index in [2.05, 4.69) is 58.5 Å². The molecular weight excluding hydrogens is 302 g/mol. The van der Waals surface area contributed by atoms with Crippen LogP contribution in [0.5, 0.6) is 5.75 Å². The summed E-state index contributed by atoms with van der Waals surface area (Å²) >= 11 is 3.49. The second kappa shape index (κ2) is 5.25. The van der Waals surface area contributed by atoms with Gasteiger partial charge in [-0.15, -0.1) is 0 Å². The zero-order chi connectivity index (χ0) is 13.2. The van der Waals surface area contributed by atoms with Gasteiger partial charge in [0, 0.05) is 28.2 Å². The summed E-state index contributed by atoms with van der Waals surface area (Å²) in [5.74, 6) is 1.46. The Hall–Kier alpha value is -1.48. The minimum absolute atomic E-state index is 0.430. The number of nitrogens with one attached hydrogen (secondary N) is 1. The first kappa shape index (κ1) is 12.5. The lowest BCUT2D eigenvalue weighted by Crippen LogP contribution is -2.14. The second-order valence-corrected chi connectivity index (χ2v) is 5.80. The molecule has 1 N–H and O–H groups in total. The third-order valence-electron chi connectivity index (χ3n) is 3.53. The summed E-state index contributed by atoms with van der Waals surface area (Å²) in [6.45, 7) is 3.79. The first-order valence-corrected chi connectivity index (χ1v) is 7.25. The van der Waals surface area contributed by atoms with E-state index >= 15 is 0 Å². The van der Waals surface area contributed by atoms with Crippen molar-refractivity contribution in [3.63, 3.8) is 0 Å². The highest BCUT2D eigenvalue weighted by Gasteiger charge is 2.23. The van der Waals surface area contributed by atoms with Crippen LogP contribution in [0.15, 0.2) is 46.9 Å². The molecule has 0 radical (unpaired) electrons. The van der Waals surface area contributed by atoms with Gasteiger partial charge in [-0.3, -0.25) is 0 Å². The van der Waals surface area contributed by atoms with E-state index in [1.54, 1.807) is 0 Å². The largest absolute Gasteiger partial charge is 0.493 e. The lowest BCUT2D eigenvalue weighted by Gasteiger charge is -2.13. The molecule has 1 atom stereocenters. The molecule has 0 fully saturated rings. The number of hydrogen-bond acceptors (Lipinski definition) is 2. The monoisotopic (exact) mass is 317 g/mol. The molecule has 2 nitrogen and oxygen atoms in total. The summed E-state index contributed by atoms with van der Waals surface area (Å²) < 4.78 is 6.82. The standard InChI is InChI=1S/C16H16BrNO/c1-11-8-13(17)6-7-15(11)18-9-12-10-19-16-5-3-2-4-14(12)16/h2-8,12,18H,9-10H2,1H3. The third-order valence-corrected chi connectivity index (χ3v) is 4.02. The van der Waals surface area contributed by atoms with Crippen molar-refractivity contribution in [3.05, 3.63) is 58.1 Å². The van der Waals surface area contributed by atoms with Gasteiger partial charge < -0.3 is 10.1 Å². The molecule has 1 unspecified atom stereocenters. The van der Waals surface area contributed by atoms with Crippen LogP contribution < -0.4 is 10.1 Å². The molecule has 1 aliphatic heterocycles. The number of benzene rings is 2. The smallest absolute Gasteiger partial charge is 0.122 e. The number of ether oxygens (including phenoxy) is 1. The second-order valence-electron chi connectivity index (χ2n) is 4.89. The maximum atomic E-state index is 5.70. The minimum atomic E-state index is 0.430. The summed E-state index contributed by atoms with van der Waals surface area (Å²) in [6, 6.07) is 14.6. The van der Waals surface area contributed by atoms with Gasteiger partial charge in [0.2, 0.25) is 0 Å². The van der Waals surface area contributed by atoms with Crippen molar-refractivity contribution in [2.45, 2.75) is 12.8 Å². The first-order valence-electron chi connectivity index (χ1n) is 6.46. The van der Waals surface area contributed by atoms with E-state index in [0.29, 0.717) is 5.92 Å². The number of hydrogen-bond donors (Lipinski definition) is 1. The predicted octanol–water partition coefficient (Wildman–Crippen LogP) is 4.35. The molecule has 0 aromatic heterocycles. The maximum absolute atomic E-state index is 5.70. The molecule has 0 amide bonds. The molecule has 0 spiro atoms. The Morgan fingerprint density at radius 1 is 1.26 bits per heavy atom. The molecule has 19 heavy (non-hydrogen) atoms. The Balaban J connectivity index is 1.71. The highest BCUT2D eigenvalue weighted by molar-refractivity contribution is 9.10. The molecule has 0 bridgehead atoms. The van der Waals surface area contributed by atoms with E-state index in [1.165, 1.54) is 16.8 Å². The van der Waals surface area contributed by atoms with Crippen molar-refractivity contribution in [2.75, 3.05) is 18.5 Å². The third kappa shape index (κ3) is 2.61. The molecule has 3 rings (SSSR count). The Kier molecular flexibility index (Phi) is 3.47. The Bertz CT molecular complexity index is 597. The van der Waals surface area contributed by atoms with Crippen LogP contribution in [0.4, 0.5) is 5.69 Å². The predicted molar refractivity (Wildman–Crippen MR) is 82.0 cm³/mol. The zero-order valence-electron chi connectivity index (χ0n) is 10.8. The van der Waals surface area contributed by atoms with Gasteiger partial charge in [0.25, 0.3) is 0 Å². The van der Waals surface area contributed by atoms with Crippen LogP contribution in [0.25, 0.3) is 0 Å². The van der Waals surface area contributed by atoms with Gasteiger partial charge in [-0.1, -0.05) is 34.1 Å². The Labute approximate surface area is 121 Å². The van der Waals surface area contributed by atoms with Crippen LogP contribution in [0, 0.1) is 6.92 Å². The highest BCUT2D eigenvalue weighted by Crippen LogP contribution is 2.33. The number of halogens is 1. The molecule has 2 aromatic carbocycles. The fraction of sp³-hybridized carbons (Fsp3) is 0.250. The summed E-state index contributed by atoms with van der Waals surface area (Å²) in [6.07, 6.45) is 0. The first-order chi connectivity index (χ1) is 9.24. The van der Waals surface area contributed by atoms with Crippen LogP contribution in [0.2, 0.25) is 0 Å². The van der Waals surface area contributed by atoms with E-state index in [9.17, 15) is 0 Å². The summed E-state index contributed by atoms with van der Waals surface area (Å²) in [5, 5.41) is 3.52. The number of anilines is 1. The Morgan fingerprint density at radius 2 is 2.11 bits per heavy atom. The zero-order valence-corrected chi connectivity index (χ0v) is 12.4. The van der Waals surface area contributed by atoms with Gasteiger partial charge in [0.1, 0.15) is 5.75 Å².